The molecule has 1 aromatic heterocycles. The van der Waals surface area contributed by atoms with Gasteiger partial charge in [-0.25, -0.2) is 10.1 Å². The van der Waals surface area contributed by atoms with Crippen LogP contribution >= 0.6 is 11.6 Å². The smallest absolute Gasteiger partial charge is 0.296 e. The lowest BCUT2D eigenvalue weighted by molar-refractivity contribution is 0.102. The van der Waals surface area contributed by atoms with Crippen molar-refractivity contribution in [3.8, 4) is 0 Å². The van der Waals surface area contributed by atoms with E-state index in [1.165, 1.54) is 12.1 Å². The number of aromatic nitrogens is 2. The van der Waals surface area contributed by atoms with Crippen LogP contribution in [0.5, 0.6) is 0 Å². The number of nitrogens with one attached hydrogen (secondary N) is 2. The molecule has 4 N–H and O–H groups in total. The minimum atomic E-state index is -3.91. The Kier molecular flexibility index (Phi) is 5.45. The number of hydrogen-bond donors (Lipinski definition) is 3. The van der Waals surface area contributed by atoms with E-state index in [2.05, 4.69) is 15.0 Å². The normalized spacial score (nSPS) is 11.2. The number of halogens is 1. The van der Waals surface area contributed by atoms with E-state index in [0.717, 1.165) is 5.56 Å². The van der Waals surface area contributed by atoms with Crippen molar-refractivity contribution < 1.29 is 13.2 Å². The number of carbonyl (C=O) groups excluding carboxylic acids is 1. The molecule has 0 saturated carbocycles. The molecular weight excluding hydrogens is 390 g/mol. The van der Waals surface area contributed by atoms with Gasteiger partial charge >= 0.3 is 0 Å². The van der Waals surface area contributed by atoms with Gasteiger partial charge in [0.2, 0.25) is 0 Å². The molecule has 3 aromatic rings. The second kappa shape index (κ2) is 7.78. The maximum absolute atomic E-state index is 12.4. The monoisotopic (exact) mass is 405 g/mol. The molecule has 0 unspecified atom stereocenters. The van der Waals surface area contributed by atoms with Crippen LogP contribution in [0.25, 0.3) is 0 Å². The Morgan fingerprint density at radius 1 is 1.19 bits per heavy atom. The van der Waals surface area contributed by atoms with Crippen molar-refractivity contribution in [3.63, 3.8) is 0 Å². The van der Waals surface area contributed by atoms with Gasteiger partial charge < -0.3 is 9.88 Å². The summed E-state index contributed by atoms with van der Waals surface area (Å²) in [6.45, 7) is 0.553. The molecule has 0 saturated heterocycles. The standard InChI is InChI=1S/C17H16ClN5O3S/c18-14-5-1-3-12(7-14)9-23-10-16(20-11-23)21-17(24)13-4-2-6-15(8-13)22-27(19,25)26/h1-8,10-11,22H,9H2,(H,21,24)(H2,19,25,26). The topological polar surface area (TPSA) is 119 Å². The van der Waals surface area contributed by atoms with E-state index < -0.39 is 16.1 Å². The maximum atomic E-state index is 12.4. The van der Waals surface area contributed by atoms with Crippen LogP contribution < -0.4 is 15.2 Å². The number of benzene rings is 2. The number of amides is 1. The fraction of sp³-hybridized carbons (Fsp3) is 0.0588. The molecule has 0 aliphatic heterocycles. The minimum Gasteiger partial charge on any atom is -0.331 e. The summed E-state index contributed by atoms with van der Waals surface area (Å²) >= 11 is 5.97. The predicted molar refractivity (Wildman–Crippen MR) is 104 cm³/mol. The number of nitrogens with zero attached hydrogens (tertiary/aromatic N) is 2. The average Bonchev–Trinajstić information content (AvgIpc) is 3.00. The third-order valence-corrected chi connectivity index (χ3v) is 4.27. The zero-order valence-electron chi connectivity index (χ0n) is 14.0. The van der Waals surface area contributed by atoms with Crippen LogP contribution in [0.4, 0.5) is 11.5 Å². The molecule has 0 fully saturated rings. The first-order valence-electron chi connectivity index (χ1n) is 7.77. The van der Waals surface area contributed by atoms with Gasteiger partial charge in [-0.2, -0.15) is 8.42 Å². The van der Waals surface area contributed by atoms with Gasteiger partial charge in [-0.3, -0.25) is 9.52 Å². The second-order valence-electron chi connectivity index (χ2n) is 5.74. The van der Waals surface area contributed by atoms with Crippen LogP contribution in [-0.2, 0) is 16.8 Å². The number of hydrogen-bond acceptors (Lipinski definition) is 4. The van der Waals surface area contributed by atoms with E-state index >= 15 is 0 Å². The molecule has 0 radical (unpaired) electrons. The summed E-state index contributed by atoms with van der Waals surface area (Å²) in [6, 6.07) is 13.4. The van der Waals surface area contributed by atoms with Gasteiger partial charge in [0.05, 0.1) is 12.0 Å². The number of anilines is 2. The molecule has 0 spiro atoms. The highest BCUT2D eigenvalue weighted by Gasteiger charge is 2.10. The zero-order valence-corrected chi connectivity index (χ0v) is 15.5. The Morgan fingerprint density at radius 3 is 2.70 bits per heavy atom. The van der Waals surface area contributed by atoms with E-state index in [1.807, 2.05) is 18.2 Å². The van der Waals surface area contributed by atoms with Gasteiger partial charge in [-0.05, 0) is 35.9 Å². The Morgan fingerprint density at radius 2 is 1.96 bits per heavy atom. The van der Waals surface area contributed by atoms with Crippen molar-refractivity contribution in [1.82, 2.24) is 9.55 Å². The lowest BCUT2D eigenvalue weighted by Crippen LogP contribution is -2.22. The van der Waals surface area contributed by atoms with Gasteiger partial charge in [0.1, 0.15) is 0 Å². The predicted octanol–water partition coefficient (Wildman–Crippen LogP) is 2.45. The zero-order chi connectivity index (χ0) is 19.4. The summed E-state index contributed by atoms with van der Waals surface area (Å²) < 4.78 is 26.1. The molecule has 0 bridgehead atoms. The highest BCUT2D eigenvalue weighted by atomic mass is 35.5. The SMILES string of the molecule is NS(=O)(=O)Nc1cccc(C(=O)Nc2cn(Cc3cccc(Cl)c3)cn2)c1. The van der Waals surface area contributed by atoms with Gasteiger partial charge in [0.25, 0.3) is 16.1 Å². The number of carbonyl (C=O) groups is 1. The molecule has 1 amide bonds. The van der Waals surface area contributed by atoms with Crippen molar-refractivity contribution in [1.29, 1.82) is 0 Å². The van der Waals surface area contributed by atoms with E-state index in [9.17, 15) is 13.2 Å². The fourth-order valence-electron chi connectivity index (χ4n) is 2.43. The summed E-state index contributed by atoms with van der Waals surface area (Å²) in [5, 5.41) is 8.24. The molecule has 2 aromatic carbocycles. The van der Waals surface area contributed by atoms with Crippen LogP contribution in [0, 0.1) is 0 Å². The Labute approximate surface area is 161 Å². The van der Waals surface area contributed by atoms with Crippen LogP contribution in [0.2, 0.25) is 5.02 Å². The van der Waals surface area contributed by atoms with E-state index in [-0.39, 0.29) is 11.3 Å². The molecule has 0 atom stereocenters. The van der Waals surface area contributed by atoms with Crippen molar-refractivity contribution in [3.05, 3.63) is 77.2 Å². The highest BCUT2D eigenvalue weighted by Crippen LogP contribution is 2.15. The molecule has 10 heteroatoms. The summed E-state index contributed by atoms with van der Waals surface area (Å²) in [5.74, 6) is -0.0621. The van der Waals surface area contributed by atoms with Crippen LogP contribution in [0.1, 0.15) is 15.9 Å². The molecule has 1 heterocycles. The lowest BCUT2D eigenvalue weighted by atomic mass is 10.2. The molecule has 3 rings (SSSR count). The first kappa shape index (κ1) is 18.9. The number of nitrogens with two attached hydrogens (primary N) is 1. The van der Waals surface area contributed by atoms with Crippen LogP contribution in [0.3, 0.4) is 0 Å². The molecule has 8 nitrogen and oxygen atoms in total. The first-order chi connectivity index (χ1) is 12.8. The highest BCUT2D eigenvalue weighted by molar-refractivity contribution is 7.90. The van der Waals surface area contributed by atoms with Crippen molar-refractivity contribution >= 4 is 39.2 Å². The van der Waals surface area contributed by atoms with Crippen molar-refractivity contribution in [2.75, 3.05) is 10.0 Å². The third kappa shape index (κ3) is 5.55. The summed E-state index contributed by atoms with van der Waals surface area (Å²) in [7, 11) is -3.91. The van der Waals surface area contributed by atoms with Gasteiger partial charge in [-0.15, -0.1) is 0 Å². The van der Waals surface area contributed by atoms with Crippen LogP contribution in [-0.4, -0.2) is 23.9 Å². The van der Waals surface area contributed by atoms with E-state index in [0.29, 0.717) is 17.4 Å². The lowest BCUT2D eigenvalue weighted by Gasteiger charge is -2.06. The third-order valence-electron chi connectivity index (χ3n) is 3.51. The molecule has 140 valence electrons. The van der Waals surface area contributed by atoms with Crippen molar-refractivity contribution in [2.45, 2.75) is 6.54 Å². The fourth-order valence-corrected chi connectivity index (χ4v) is 3.10. The Balaban J connectivity index is 1.68. The molecule has 0 aliphatic rings. The maximum Gasteiger partial charge on any atom is 0.296 e. The van der Waals surface area contributed by atoms with E-state index in [4.69, 9.17) is 16.7 Å². The summed E-state index contributed by atoms with van der Waals surface area (Å²) in [6.07, 6.45) is 3.28. The average molecular weight is 406 g/mol. The molecule has 0 aliphatic carbocycles. The summed E-state index contributed by atoms with van der Waals surface area (Å²) in [5.41, 5.74) is 1.45. The largest absolute Gasteiger partial charge is 0.331 e. The minimum absolute atomic E-state index is 0.191. The molecular formula is C17H16ClN5O3S. The van der Waals surface area contributed by atoms with Gasteiger partial charge in [0, 0.05) is 23.3 Å². The van der Waals surface area contributed by atoms with Crippen LogP contribution in [0.15, 0.2) is 61.1 Å². The quantitative estimate of drug-likeness (QED) is 0.583. The second-order valence-corrected chi connectivity index (χ2v) is 7.47. The van der Waals surface area contributed by atoms with E-state index in [1.54, 1.807) is 35.3 Å². The van der Waals surface area contributed by atoms with Crippen molar-refractivity contribution in [2.24, 2.45) is 5.14 Å². The van der Waals surface area contributed by atoms with Gasteiger partial charge in [0.15, 0.2) is 5.82 Å². The Hall–Kier alpha value is -2.88. The number of imidazole rings is 1. The summed E-state index contributed by atoms with van der Waals surface area (Å²) in [4.78, 5) is 16.5. The first-order valence-corrected chi connectivity index (χ1v) is 9.69. The van der Waals surface area contributed by atoms with Gasteiger partial charge in [-0.1, -0.05) is 29.8 Å². The molecule has 27 heavy (non-hydrogen) atoms. The number of rotatable bonds is 6. The Bertz CT molecular complexity index is 1080.